The van der Waals surface area contributed by atoms with Crippen molar-refractivity contribution in [1.82, 2.24) is 4.98 Å². The maximum absolute atomic E-state index is 13.5. The van der Waals surface area contributed by atoms with Gasteiger partial charge in [-0.05, 0) is 18.9 Å². The number of alkyl halides is 3. The Labute approximate surface area is 93.1 Å². The molecule has 7 heteroatoms. The minimum absolute atomic E-state index is 0.192. The molecule has 1 fully saturated rings. The second kappa shape index (κ2) is 3.41. The normalized spacial score (nSPS) is 17.9. The van der Waals surface area contributed by atoms with Crippen molar-refractivity contribution in [2.45, 2.75) is 24.4 Å². The third kappa shape index (κ3) is 1.85. The Kier molecular flexibility index (Phi) is 2.37. The van der Waals surface area contributed by atoms with E-state index in [0.29, 0.717) is 6.20 Å². The molecule has 1 aromatic heterocycles. The maximum atomic E-state index is 13.5. The summed E-state index contributed by atoms with van der Waals surface area (Å²) in [6, 6.07) is 0.283. The van der Waals surface area contributed by atoms with Gasteiger partial charge in [0.2, 0.25) is 0 Å². The van der Waals surface area contributed by atoms with Crippen LogP contribution in [-0.4, -0.2) is 16.1 Å². The Morgan fingerprint density at radius 1 is 1.41 bits per heavy atom. The molecule has 1 aliphatic carbocycles. The Morgan fingerprint density at radius 2 is 2.00 bits per heavy atom. The van der Waals surface area contributed by atoms with Gasteiger partial charge in [-0.15, -0.1) is 0 Å². The van der Waals surface area contributed by atoms with E-state index >= 15 is 0 Å². The number of nitrogens with zero attached hydrogens (tertiary/aromatic N) is 1. The second-order valence-electron chi connectivity index (χ2n) is 3.94. The van der Waals surface area contributed by atoms with Gasteiger partial charge in [0.15, 0.2) is 0 Å². The Hall–Kier alpha value is -1.66. The fraction of sp³-hybridized carbons (Fsp3) is 0.400. The van der Waals surface area contributed by atoms with Crippen molar-refractivity contribution in [2.75, 3.05) is 0 Å². The lowest BCUT2D eigenvalue weighted by Crippen LogP contribution is -2.23. The van der Waals surface area contributed by atoms with Crippen molar-refractivity contribution in [2.24, 2.45) is 0 Å². The SMILES string of the molecule is O=C(O)C1(c2ncc(C(F)(F)F)cc2F)CC1. The summed E-state index contributed by atoms with van der Waals surface area (Å²) in [4.78, 5) is 14.2. The second-order valence-corrected chi connectivity index (χ2v) is 3.94. The van der Waals surface area contributed by atoms with Gasteiger partial charge in [0.1, 0.15) is 11.2 Å². The molecule has 0 amide bonds. The summed E-state index contributed by atoms with van der Waals surface area (Å²) in [7, 11) is 0. The van der Waals surface area contributed by atoms with Crippen molar-refractivity contribution in [3.63, 3.8) is 0 Å². The first-order chi connectivity index (χ1) is 7.77. The van der Waals surface area contributed by atoms with Crippen molar-refractivity contribution in [3.05, 3.63) is 29.3 Å². The van der Waals surface area contributed by atoms with Gasteiger partial charge in [-0.1, -0.05) is 0 Å². The molecule has 0 unspecified atom stereocenters. The Morgan fingerprint density at radius 3 is 2.35 bits per heavy atom. The van der Waals surface area contributed by atoms with Crippen LogP contribution >= 0.6 is 0 Å². The zero-order valence-electron chi connectivity index (χ0n) is 8.38. The number of carboxylic acid groups (broad SMARTS) is 1. The highest BCUT2D eigenvalue weighted by molar-refractivity contribution is 5.84. The first-order valence-electron chi connectivity index (χ1n) is 4.74. The molecule has 0 atom stereocenters. The predicted octanol–water partition coefficient (Wildman–Crippen LogP) is 2.36. The first-order valence-corrected chi connectivity index (χ1v) is 4.74. The van der Waals surface area contributed by atoms with E-state index in [1.807, 2.05) is 0 Å². The van der Waals surface area contributed by atoms with Crippen LogP contribution in [0.25, 0.3) is 0 Å². The molecular formula is C10H7F4NO2. The molecule has 2 rings (SSSR count). The standard InChI is InChI=1S/C10H7F4NO2/c11-6-3-5(10(12,13)14)4-15-7(6)9(1-2-9)8(16)17/h3-4H,1-2H2,(H,16,17). The fourth-order valence-electron chi connectivity index (χ4n) is 1.62. The minimum Gasteiger partial charge on any atom is -0.481 e. The van der Waals surface area contributed by atoms with Gasteiger partial charge in [0.25, 0.3) is 0 Å². The number of hydrogen-bond donors (Lipinski definition) is 1. The summed E-state index contributed by atoms with van der Waals surface area (Å²) in [5.41, 5.74) is -3.08. The van der Waals surface area contributed by atoms with Gasteiger partial charge in [0.05, 0.1) is 11.3 Å². The predicted molar refractivity (Wildman–Crippen MR) is 47.7 cm³/mol. The van der Waals surface area contributed by atoms with Crippen LogP contribution in [-0.2, 0) is 16.4 Å². The van der Waals surface area contributed by atoms with E-state index in [4.69, 9.17) is 5.11 Å². The molecular weight excluding hydrogens is 242 g/mol. The van der Waals surface area contributed by atoms with Crippen LogP contribution in [0.2, 0.25) is 0 Å². The summed E-state index contributed by atoms with van der Waals surface area (Å²) in [6.45, 7) is 0. The van der Waals surface area contributed by atoms with Crippen molar-refractivity contribution < 1.29 is 27.5 Å². The van der Waals surface area contributed by atoms with E-state index in [9.17, 15) is 22.4 Å². The van der Waals surface area contributed by atoms with Crippen LogP contribution in [0.1, 0.15) is 24.1 Å². The molecule has 92 valence electrons. The molecule has 0 aromatic carbocycles. The largest absolute Gasteiger partial charge is 0.481 e. The smallest absolute Gasteiger partial charge is 0.417 e. The molecule has 1 saturated carbocycles. The zero-order valence-corrected chi connectivity index (χ0v) is 8.38. The summed E-state index contributed by atoms with van der Waals surface area (Å²) < 4.78 is 50.2. The number of carbonyl (C=O) groups is 1. The number of rotatable bonds is 2. The lowest BCUT2D eigenvalue weighted by atomic mass is 10.0. The topological polar surface area (TPSA) is 50.2 Å². The third-order valence-electron chi connectivity index (χ3n) is 2.78. The molecule has 1 N–H and O–H groups in total. The Balaban J connectivity index is 2.43. The summed E-state index contributed by atoms with van der Waals surface area (Å²) >= 11 is 0. The quantitative estimate of drug-likeness (QED) is 0.818. The molecule has 0 aliphatic heterocycles. The van der Waals surface area contributed by atoms with Gasteiger partial charge in [-0.3, -0.25) is 9.78 Å². The lowest BCUT2D eigenvalue weighted by Gasteiger charge is -2.12. The summed E-state index contributed by atoms with van der Waals surface area (Å²) in [5.74, 6) is -2.48. The van der Waals surface area contributed by atoms with Gasteiger partial charge in [-0.25, -0.2) is 4.39 Å². The molecule has 1 aromatic rings. The van der Waals surface area contributed by atoms with Crippen LogP contribution in [0.4, 0.5) is 17.6 Å². The average Bonchev–Trinajstić information content (AvgIpc) is 2.96. The van der Waals surface area contributed by atoms with E-state index in [2.05, 4.69) is 4.98 Å². The molecule has 1 heterocycles. The van der Waals surface area contributed by atoms with Crippen LogP contribution < -0.4 is 0 Å². The highest BCUT2D eigenvalue weighted by Crippen LogP contribution is 2.48. The van der Waals surface area contributed by atoms with Gasteiger partial charge in [-0.2, -0.15) is 13.2 Å². The third-order valence-corrected chi connectivity index (χ3v) is 2.78. The van der Waals surface area contributed by atoms with Crippen molar-refractivity contribution >= 4 is 5.97 Å². The highest BCUT2D eigenvalue weighted by Gasteiger charge is 2.55. The van der Waals surface area contributed by atoms with E-state index in [1.165, 1.54) is 0 Å². The number of aliphatic carboxylic acids is 1. The number of halogens is 4. The number of pyridine rings is 1. The molecule has 0 bridgehead atoms. The molecule has 0 radical (unpaired) electrons. The van der Waals surface area contributed by atoms with E-state index in [-0.39, 0.29) is 18.9 Å². The monoisotopic (exact) mass is 249 g/mol. The van der Waals surface area contributed by atoms with Crippen LogP contribution in [0.5, 0.6) is 0 Å². The fourth-order valence-corrected chi connectivity index (χ4v) is 1.62. The first kappa shape index (κ1) is 11.8. The van der Waals surface area contributed by atoms with E-state index in [1.54, 1.807) is 0 Å². The molecule has 17 heavy (non-hydrogen) atoms. The molecule has 0 saturated heterocycles. The van der Waals surface area contributed by atoms with Crippen LogP contribution in [0.15, 0.2) is 12.3 Å². The lowest BCUT2D eigenvalue weighted by molar-refractivity contribution is -0.140. The van der Waals surface area contributed by atoms with Gasteiger partial charge in [0, 0.05) is 6.20 Å². The van der Waals surface area contributed by atoms with Crippen LogP contribution in [0.3, 0.4) is 0 Å². The van der Waals surface area contributed by atoms with Gasteiger partial charge < -0.3 is 5.11 Å². The Bertz CT molecular complexity index is 480. The van der Waals surface area contributed by atoms with E-state index in [0.717, 1.165) is 0 Å². The average molecular weight is 249 g/mol. The number of hydrogen-bond acceptors (Lipinski definition) is 2. The van der Waals surface area contributed by atoms with Crippen molar-refractivity contribution in [3.8, 4) is 0 Å². The summed E-state index contributed by atoms with van der Waals surface area (Å²) in [6.07, 6.45) is -3.84. The highest BCUT2D eigenvalue weighted by atomic mass is 19.4. The number of aromatic nitrogens is 1. The maximum Gasteiger partial charge on any atom is 0.417 e. The summed E-state index contributed by atoms with van der Waals surface area (Å²) in [5, 5.41) is 8.88. The zero-order chi connectivity index (χ0) is 12.8. The van der Waals surface area contributed by atoms with Crippen LogP contribution in [0, 0.1) is 5.82 Å². The molecule has 1 aliphatic rings. The minimum atomic E-state index is -4.69. The van der Waals surface area contributed by atoms with Gasteiger partial charge >= 0.3 is 12.1 Å². The van der Waals surface area contributed by atoms with E-state index < -0.39 is 34.6 Å². The number of carboxylic acids is 1. The van der Waals surface area contributed by atoms with Crippen molar-refractivity contribution in [1.29, 1.82) is 0 Å². The molecule has 0 spiro atoms. The molecule has 3 nitrogen and oxygen atoms in total.